The van der Waals surface area contributed by atoms with Crippen LogP contribution in [-0.4, -0.2) is 70.7 Å². The number of hydrogen-bond donors (Lipinski definition) is 0. The average molecular weight is 830 g/mol. The van der Waals surface area contributed by atoms with Gasteiger partial charge in [0.1, 0.15) is 19.3 Å². The maximum absolute atomic E-state index is 12.7. The predicted octanol–water partition coefficient (Wildman–Crippen LogP) is 14.0. The highest BCUT2D eigenvalue weighted by Crippen LogP contribution is 2.38. The minimum absolute atomic E-state index is 0.0294. The number of rotatable bonds is 46. The molecule has 0 aliphatic heterocycles. The van der Waals surface area contributed by atoms with E-state index in [1.807, 2.05) is 21.1 Å². The van der Waals surface area contributed by atoms with Gasteiger partial charge >= 0.3 is 5.97 Å². The zero-order valence-corrected chi connectivity index (χ0v) is 39.5. The van der Waals surface area contributed by atoms with Gasteiger partial charge in [0.2, 0.25) is 0 Å². The number of phosphoric acid groups is 1. The first-order chi connectivity index (χ1) is 27.6. The Balaban J connectivity index is 4.12. The molecule has 0 aromatic rings. The second-order valence-electron chi connectivity index (χ2n) is 17.8. The van der Waals surface area contributed by atoms with Crippen molar-refractivity contribution < 1.29 is 37.3 Å². The fraction of sp³-hybridized carbons (Fsp3) is 0.938. The van der Waals surface area contributed by atoms with Crippen LogP contribution in [0.3, 0.4) is 0 Å². The predicted molar refractivity (Wildman–Crippen MR) is 241 cm³/mol. The number of hydrogen-bond acceptors (Lipinski definition) is 7. The molecule has 0 N–H and O–H groups in total. The maximum atomic E-state index is 12.7. The number of allylic oxidation sites excluding steroid dienone is 2. The van der Waals surface area contributed by atoms with Gasteiger partial charge < -0.3 is 27.9 Å². The lowest BCUT2D eigenvalue weighted by Crippen LogP contribution is -2.37. The first-order valence-electron chi connectivity index (χ1n) is 24.4. The molecule has 340 valence electrons. The summed E-state index contributed by atoms with van der Waals surface area (Å²) in [7, 11) is 1.37. The molecule has 0 aromatic heterocycles. The summed E-state index contributed by atoms with van der Waals surface area (Å²) in [5, 5.41) is 0. The standard InChI is InChI=1S/C48H96NO7P/c1-6-8-10-12-14-16-18-20-22-23-24-25-26-28-30-32-34-36-38-40-43-53-45-47(46-55-57(51,52)54-44-42-49(3,4)5)56-48(50)41-39-37-35-33-31-29-27-21-19-17-15-13-11-9-7-2/h20,22,47H,6-19,21,23-46H2,1-5H3/b22-20-. The van der Waals surface area contributed by atoms with Crippen molar-refractivity contribution in [2.24, 2.45) is 0 Å². The Bertz CT molecular complexity index is 925. The smallest absolute Gasteiger partial charge is 0.306 e. The molecule has 0 bridgehead atoms. The molecule has 0 aliphatic rings. The normalized spacial score (nSPS) is 13.7. The minimum atomic E-state index is -4.52. The maximum Gasteiger partial charge on any atom is 0.306 e. The number of nitrogens with zero attached hydrogens (tertiary/aromatic N) is 1. The molecule has 9 heteroatoms. The Morgan fingerprint density at radius 1 is 0.526 bits per heavy atom. The van der Waals surface area contributed by atoms with E-state index in [1.165, 1.54) is 180 Å². The molecular formula is C48H96NO7P. The Kier molecular flexibility index (Phi) is 41.4. The topological polar surface area (TPSA) is 94.1 Å². The third-order valence-corrected chi connectivity index (χ3v) is 11.8. The Hall–Kier alpha value is -0.760. The molecule has 57 heavy (non-hydrogen) atoms. The van der Waals surface area contributed by atoms with E-state index >= 15 is 0 Å². The van der Waals surface area contributed by atoms with Crippen LogP contribution in [0.15, 0.2) is 12.2 Å². The van der Waals surface area contributed by atoms with Crippen LogP contribution in [0.25, 0.3) is 0 Å². The van der Waals surface area contributed by atoms with E-state index in [0.29, 0.717) is 24.1 Å². The average Bonchev–Trinajstić information content (AvgIpc) is 3.16. The summed E-state index contributed by atoms with van der Waals surface area (Å²) in [6.07, 6.45) is 46.5. The number of carbonyl (C=O) groups is 1. The highest BCUT2D eigenvalue weighted by molar-refractivity contribution is 7.45. The van der Waals surface area contributed by atoms with Gasteiger partial charge in [0.25, 0.3) is 7.82 Å². The van der Waals surface area contributed by atoms with E-state index in [9.17, 15) is 14.3 Å². The van der Waals surface area contributed by atoms with Crippen molar-refractivity contribution in [2.45, 2.75) is 238 Å². The summed E-state index contributed by atoms with van der Waals surface area (Å²) in [6, 6.07) is 0. The van der Waals surface area contributed by atoms with Gasteiger partial charge in [0.15, 0.2) is 0 Å². The van der Waals surface area contributed by atoms with Crippen molar-refractivity contribution >= 4 is 13.8 Å². The summed E-state index contributed by atoms with van der Waals surface area (Å²) in [6.45, 7) is 5.46. The van der Waals surface area contributed by atoms with Gasteiger partial charge in [-0.25, -0.2) is 0 Å². The van der Waals surface area contributed by atoms with Gasteiger partial charge in [0, 0.05) is 13.0 Å². The van der Waals surface area contributed by atoms with Crippen molar-refractivity contribution in [3.8, 4) is 0 Å². The summed E-state index contributed by atoms with van der Waals surface area (Å²) >= 11 is 0. The number of carbonyl (C=O) groups excluding carboxylic acids is 1. The van der Waals surface area contributed by atoms with Crippen LogP contribution in [0.2, 0.25) is 0 Å². The number of ether oxygens (including phenoxy) is 2. The van der Waals surface area contributed by atoms with Gasteiger partial charge in [-0.05, 0) is 38.5 Å². The minimum Gasteiger partial charge on any atom is -0.756 e. The van der Waals surface area contributed by atoms with Crippen LogP contribution in [0.1, 0.15) is 232 Å². The third kappa shape index (κ3) is 46.2. The largest absolute Gasteiger partial charge is 0.756 e. The molecule has 0 amide bonds. The van der Waals surface area contributed by atoms with Crippen molar-refractivity contribution in [3.05, 3.63) is 12.2 Å². The van der Waals surface area contributed by atoms with Crippen LogP contribution in [0, 0.1) is 0 Å². The fourth-order valence-electron chi connectivity index (χ4n) is 7.01. The van der Waals surface area contributed by atoms with Crippen molar-refractivity contribution in [3.63, 3.8) is 0 Å². The van der Waals surface area contributed by atoms with E-state index in [-0.39, 0.29) is 25.8 Å². The second kappa shape index (κ2) is 42.0. The molecule has 0 aliphatic carbocycles. The van der Waals surface area contributed by atoms with Crippen molar-refractivity contribution in [1.29, 1.82) is 0 Å². The van der Waals surface area contributed by atoms with E-state index in [4.69, 9.17) is 18.5 Å². The highest BCUT2D eigenvalue weighted by atomic mass is 31.2. The zero-order valence-electron chi connectivity index (χ0n) is 38.6. The molecule has 2 atom stereocenters. The summed E-state index contributed by atoms with van der Waals surface area (Å²) in [5.41, 5.74) is 0. The molecule has 0 heterocycles. The van der Waals surface area contributed by atoms with Crippen molar-refractivity contribution in [2.75, 3.05) is 54.1 Å². The quantitative estimate of drug-likeness (QED) is 0.0198. The van der Waals surface area contributed by atoms with Gasteiger partial charge in [-0.2, -0.15) is 0 Å². The summed E-state index contributed by atoms with van der Waals surface area (Å²) in [4.78, 5) is 25.1. The van der Waals surface area contributed by atoms with Crippen molar-refractivity contribution in [1.82, 2.24) is 0 Å². The first-order valence-corrected chi connectivity index (χ1v) is 25.9. The van der Waals surface area contributed by atoms with E-state index in [0.717, 1.165) is 32.1 Å². The van der Waals surface area contributed by atoms with Gasteiger partial charge in [-0.15, -0.1) is 0 Å². The Morgan fingerprint density at radius 2 is 0.912 bits per heavy atom. The highest BCUT2D eigenvalue weighted by Gasteiger charge is 2.20. The molecule has 0 fully saturated rings. The Labute approximate surface area is 354 Å². The van der Waals surface area contributed by atoms with Crippen LogP contribution in [0.4, 0.5) is 0 Å². The first kappa shape index (κ1) is 56.2. The van der Waals surface area contributed by atoms with Crippen LogP contribution in [0.5, 0.6) is 0 Å². The molecule has 0 radical (unpaired) electrons. The molecule has 0 saturated carbocycles. The van der Waals surface area contributed by atoms with Gasteiger partial charge in [-0.1, -0.05) is 199 Å². The molecule has 0 saturated heterocycles. The van der Waals surface area contributed by atoms with E-state index in [1.54, 1.807) is 0 Å². The Morgan fingerprint density at radius 3 is 1.33 bits per heavy atom. The SMILES string of the molecule is CCCCCCCC/C=C\CCCCCCCCCCCCOCC(COP(=O)([O-])OCC[N+](C)(C)C)OC(=O)CCCCCCCCCCCCCCCCC. The molecule has 0 aromatic carbocycles. The third-order valence-electron chi connectivity index (χ3n) is 10.8. The number of esters is 1. The summed E-state index contributed by atoms with van der Waals surface area (Å²) < 4.78 is 34.7. The lowest BCUT2D eigenvalue weighted by molar-refractivity contribution is -0.870. The van der Waals surface area contributed by atoms with Gasteiger partial charge in [0.05, 0.1) is 34.4 Å². The van der Waals surface area contributed by atoms with E-state index in [2.05, 4.69) is 26.0 Å². The number of phosphoric ester groups is 1. The van der Waals surface area contributed by atoms with E-state index < -0.39 is 13.9 Å². The molecule has 2 unspecified atom stereocenters. The second-order valence-corrected chi connectivity index (χ2v) is 19.2. The molecule has 8 nitrogen and oxygen atoms in total. The monoisotopic (exact) mass is 830 g/mol. The number of unbranched alkanes of at least 4 members (excludes halogenated alkanes) is 30. The van der Waals surface area contributed by atoms with Gasteiger partial charge in [-0.3, -0.25) is 9.36 Å². The van der Waals surface area contributed by atoms with Crippen LogP contribution < -0.4 is 4.89 Å². The number of likely N-dealkylation sites (N-methyl/N-ethyl adjacent to an activating group) is 1. The summed E-state index contributed by atoms with van der Waals surface area (Å²) in [5.74, 6) is -0.329. The molecule has 0 spiro atoms. The zero-order chi connectivity index (χ0) is 42.0. The lowest BCUT2D eigenvalue weighted by atomic mass is 10.0. The number of quaternary nitrogens is 1. The van der Waals surface area contributed by atoms with Crippen LogP contribution in [-0.2, 0) is 27.9 Å². The molecule has 0 rings (SSSR count). The lowest BCUT2D eigenvalue weighted by Gasteiger charge is -2.28. The van der Waals surface area contributed by atoms with Crippen LogP contribution >= 0.6 is 7.82 Å². The fourth-order valence-corrected chi connectivity index (χ4v) is 7.74. The molecular weight excluding hydrogens is 734 g/mol.